The lowest BCUT2D eigenvalue weighted by Gasteiger charge is -2.16. The van der Waals surface area contributed by atoms with E-state index in [1.165, 1.54) is 12.8 Å². The first-order valence-electron chi connectivity index (χ1n) is 7.14. The van der Waals surface area contributed by atoms with Crippen LogP contribution in [-0.2, 0) is 4.79 Å². The molecule has 1 unspecified atom stereocenters. The number of benzene rings is 2. The summed E-state index contributed by atoms with van der Waals surface area (Å²) in [5, 5.41) is 9.98. The maximum absolute atomic E-state index is 13.6. The molecule has 6 heteroatoms. The van der Waals surface area contributed by atoms with Gasteiger partial charge in [-0.05, 0) is 37.1 Å². The predicted molar refractivity (Wildman–Crippen MR) is 82.7 cm³/mol. The standard InChI is InChI=1S/C17H14F2O3S/c18-11-3-8-15(14(19)9-11)22-16(17(20)21)10-1-4-12(5-2-10)23-13-6-7-13/h1-5,8-9,13,16H,6-7H2,(H,20,21). The van der Waals surface area contributed by atoms with Crippen LogP contribution in [0, 0.1) is 11.6 Å². The summed E-state index contributed by atoms with van der Waals surface area (Å²) in [5.41, 5.74) is 0.404. The Kier molecular flexibility index (Phi) is 4.52. The zero-order chi connectivity index (χ0) is 16.4. The lowest BCUT2D eigenvalue weighted by atomic mass is 10.1. The van der Waals surface area contributed by atoms with Crippen LogP contribution in [0.2, 0.25) is 0 Å². The van der Waals surface area contributed by atoms with Gasteiger partial charge in [0.05, 0.1) is 0 Å². The van der Waals surface area contributed by atoms with Gasteiger partial charge in [-0.15, -0.1) is 11.8 Å². The summed E-state index contributed by atoms with van der Waals surface area (Å²) in [6, 6.07) is 9.74. The van der Waals surface area contributed by atoms with E-state index in [0.29, 0.717) is 16.9 Å². The van der Waals surface area contributed by atoms with E-state index in [-0.39, 0.29) is 5.75 Å². The fourth-order valence-electron chi connectivity index (χ4n) is 2.06. The van der Waals surface area contributed by atoms with Gasteiger partial charge < -0.3 is 9.84 Å². The maximum atomic E-state index is 13.6. The van der Waals surface area contributed by atoms with E-state index in [1.807, 2.05) is 12.1 Å². The number of hydrogen-bond acceptors (Lipinski definition) is 3. The first-order chi connectivity index (χ1) is 11.0. The van der Waals surface area contributed by atoms with Crippen molar-refractivity contribution in [3.05, 3.63) is 59.7 Å². The lowest BCUT2D eigenvalue weighted by Crippen LogP contribution is -2.18. The smallest absolute Gasteiger partial charge is 0.349 e. The van der Waals surface area contributed by atoms with Crippen molar-refractivity contribution in [1.82, 2.24) is 0 Å². The Morgan fingerprint density at radius 1 is 1.17 bits per heavy atom. The summed E-state index contributed by atoms with van der Waals surface area (Å²) in [7, 11) is 0. The second kappa shape index (κ2) is 6.58. The SMILES string of the molecule is O=C(O)C(Oc1ccc(F)cc1F)c1ccc(SC2CC2)cc1. The van der Waals surface area contributed by atoms with Crippen LogP contribution in [0.1, 0.15) is 24.5 Å². The summed E-state index contributed by atoms with van der Waals surface area (Å²) in [5.74, 6) is -3.22. The highest BCUT2D eigenvalue weighted by Crippen LogP contribution is 2.39. The van der Waals surface area contributed by atoms with Gasteiger partial charge in [-0.3, -0.25) is 0 Å². The number of halogens is 2. The second-order valence-electron chi connectivity index (χ2n) is 5.30. The molecule has 1 N–H and O–H groups in total. The molecule has 1 aliphatic rings. The molecular weight excluding hydrogens is 322 g/mol. The molecule has 2 aromatic carbocycles. The molecule has 0 amide bonds. The van der Waals surface area contributed by atoms with Gasteiger partial charge in [0.15, 0.2) is 11.6 Å². The van der Waals surface area contributed by atoms with Gasteiger partial charge in [0.1, 0.15) is 5.82 Å². The highest BCUT2D eigenvalue weighted by atomic mass is 32.2. The minimum atomic E-state index is -1.35. The van der Waals surface area contributed by atoms with Crippen molar-refractivity contribution >= 4 is 17.7 Å². The van der Waals surface area contributed by atoms with Gasteiger partial charge >= 0.3 is 5.97 Å². The molecule has 1 saturated carbocycles. The van der Waals surface area contributed by atoms with Crippen LogP contribution in [0.15, 0.2) is 47.4 Å². The molecule has 0 aromatic heterocycles. The predicted octanol–water partition coefficient (Wildman–Crippen LogP) is 4.42. The number of hydrogen-bond donors (Lipinski definition) is 1. The van der Waals surface area contributed by atoms with Crippen molar-refractivity contribution in [2.75, 3.05) is 0 Å². The first kappa shape index (κ1) is 15.8. The van der Waals surface area contributed by atoms with Crippen LogP contribution in [0.4, 0.5) is 8.78 Å². The van der Waals surface area contributed by atoms with Crippen molar-refractivity contribution in [2.45, 2.75) is 29.1 Å². The average molecular weight is 336 g/mol. The summed E-state index contributed by atoms with van der Waals surface area (Å²) >= 11 is 1.76. The quantitative estimate of drug-likeness (QED) is 0.848. The summed E-state index contributed by atoms with van der Waals surface area (Å²) in [6.07, 6.45) is 1.06. The molecule has 0 radical (unpaired) electrons. The fraction of sp³-hybridized carbons (Fsp3) is 0.235. The van der Waals surface area contributed by atoms with Crippen LogP contribution in [0.25, 0.3) is 0 Å². The maximum Gasteiger partial charge on any atom is 0.349 e. The third-order valence-corrected chi connectivity index (χ3v) is 4.72. The monoisotopic (exact) mass is 336 g/mol. The Labute approximate surface area is 136 Å². The van der Waals surface area contributed by atoms with E-state index in [9.17, 15) is 18.7 Å². The second-order valence-corrected chi connectivity index (χ2v) is 6.67. The van der Waals surface area contributed by atoms with Crippen molar-refractivity contribution in [2.24, 2.45) is 0 Å². The molecule has 0 saturated heterocycles. The minimum Gasteiger partial charge on any atom is -0.478 e. The number of rotatable bonds is 6. The number of carbonyl (C=O) groups is 1. The Morgan fingerprint density at radius 2 is 1.87 bits per heavy atom. The summed E-state index contributed by atoms with van der Waals surface area (Å²) in [4.78, 5) is 12.5. The Balaban J connectivity index is 1.78. The lowest BCUT2D eigenvalue weighted by molar-refractivity contribution is -0.145. The Bertz CT molecular complexity index is 714. The fourth-order valence-corrected chi connectivity index (χ4v) is 3.11. The molecule has 120 valence electrons. The third-order valence-electron chi connectivity index (χ3n) is 3.37. The minimum absolute atomic E-state index is 0.296. The molecule has 0 bridgehead atoms. The highest BCUT2D eigenvalue weighted by molar-refractivity contribution is 8.00. The summed E-state index contributed by atoms with van der Waals surface area (Å²) < 4.78 is 31.8. The number of thioether (sulfide) groups is 1. The number of carboxylic acids is 1. The first-order valence-corrected chi connectivity index (χ1v) is 8.02. The van der Waals surface area contributed by atoms with E-state index in [4.69, 9.17) is 4.74 Å². The zero-order valence-electron chi connectivity index (χ0n) is 12.0. The number of aliphatic carboxylic acids is 1. The topological polar surface area (TPSA) is 46.5 Å². The van der Waals surface area contributed by atoms with Crippen LogP contribution in [0.5, 0.6) is 5.75 Å². The molecule has 1 aliphatic carbocycles. The zero-order valence-corrected chi connectivity index (χ0v) is 12.9. The third kappa shape index (κ3) is 4.01. The van der Waals surface area contributed by atoms with Crippen molar-refractivity contribution < 1.29 is 23.4 Å². The van der Waals surface area contributed by atoms with Gasteiger partial charge in [-0.1, -0.05) is 12.1 Å². The van der Waals surface area contributed by atoms with Gasteiger partial charge in [-0.25, -0.2) is 13.6 Å². The molecule has 1 fully saturated rings. The molecule has 23 heavy (non-hydrogen) atoms. The van der Waals surface area contributed by atoms with Crippen LogP contribution < -0.4 is 4.74 Å². The van der Waals surface area contributed by atoms with Gasteiger partial charge in [0.25, 0.3) is 0 Å². The molecule has 2 aromatic rings. The molecule has 0 spiro atoms. The van der Waals surface area contributed by atoms with Crippen molar-refractivity contribution in [3.8, 4) is 5.75 Å². The normalized spacial score (nSPS) is 15.2. The van der Waals surface area contributed by atoms with Crippen molar-refractivity contribution in [3.63, 3.8) is 0 Å². The molecule has 0 aliphatic heterocycles. The summed E-state index contributed by atoms with van der Waals surface area (Å²) in [6.45, 7) is 0. The van der Waals surface area contributed by atoms with E-state index in [0.717, 1.165) is 17.0 Å². The van der Waals surface area contributed by atoms with Crippen LogP contribution in [-0.4, -0.2) is 16.3 Å². The van der Waals surface area contributed by atoms with E-state index >= 15 is 0 Å². The molecule has 3 nitrogen and oxygen atoms in total. The average Bonchev–Trinajstić information content (AvgIpc) is 3.31. The largest absolute Gasteiger partial charge is 0.478 e. The molecule has 0 heterocycles. The van der Waals surface area contributed by atoms with E-state index < -0.39 is 23.7 Å². The van der Waals surface area contributed by atoms with Crippen LogP contribution >= 0.6 is 11.8 Å². The van der Waals surface area contributed by atoms with E-state index in [1.54, 1.807) is 23.9 Å². The Hall–Kier alpha value is -2.08. The highest BCUT2D eigenvalue weighted by Gasteiger charge is 2.25. The van der Waals surface area contributed by atoms with Crippen molar-refractivity contribution in [1.29, 1.82) is 0 Å². The van der Waals surface area contributed by atoms with Gasteiger partial charge in [0, 0.05) is 21.8 Å². The number of carboxylic acid groups (broad SMARTS) is 1. The Morgan fingerprint density at radius 3 is 2.43 bits per heavy atom. The molecular formula is C17H14F2O3S. The molecule has 3 rings (SSSR count). The number of ether oxygens (including phenoxy) is 1. The van der Waals surface area contributed by atoms with E-state index in [2.05, 4.69) is 0 Å². The van der Waals surface area contributed by atoms with Crippen LogP contribution in [0.3, 0.4) is 0 Å². The molecule has 1 atom stereocenters. The van der Waals surface area contributed by atoms with Gasteiger partial charge in [-0.2, -0.15) is 0 Å². The van der Waals surface area contributed by atoms with Gasteiger partial charge in [0.2, 0.25) is 6.10 Å².